The van der Waals surface area contributed by atoms with Gasteiger partial charge in [0.1, 0.15) is 6.33 Å². The smallest absolute Gasteiger partial charge is 0.230 e. The summed E-state index contributed by atoms with van der Waals surface area (Å²) in [5.41, 5.74) is 0.874. The highest BCUT2D eigenvalue weighted by molar-refractivity contribution is 6.10. The molecule has 3 rings (SSSR count). The second kappa shape index (κ2) is 8.85. The number of rotatable bonds is 7. The Hall–Kier alpha value is -3.62. The summed E-state index contributed by atoms with van der Waals surface area (Å²) in [7, 11) is 1.77. The van der Waals surface area contributed by atoms with Crippen LogP contribution in [0.5, 0.6) is 0 Å². The van der Waals surface area contributed by atoms with Crippen molar-refractivity contribution in [3.8, 4) is 0 Å². The van der Waals surface area contributed by atoms with Crippen LogP contribution in [-0.4, -0.2) is 63.9 Å². The zero-order valence-electron chi connectivity index (χ0n) is 15.7. The van der Waals surface area contributed by atoms with E-state index < -0.39 is 0 Å². The predicted molar refractivity (Wildman–Crippen MR) is 109 cm³/mol. The highest BCUT2D eigenvalue weighted by Crippen LogP contribution is 2.16. The van der Waals surface area contributed by atoms with Crippen LogP contribution in [0.2, 0.25) is 0 Å². The van der Waals surface area contributed by atoms with Crippen LogP contribution in [0.25, 0.3) is 0 Å². The number of Topliss-reactive ketones (excluding diaryl/α,β-unsaturated/α-hetero) is 1. The Labute approximate surface area is 163 Å². The Morgan fingerprint density at radius 1 is 1.04 bits per heavy atom. The monoisotopic (exact) mass is 378 g/mol. The fraction of sp³-hybridized carbons (Fsp3) is 0.263. The molecule has 0 radical (unpaired) electrons. The Kier molecular flexibility index (Phi) is 6.05. The van der Waals surface area contributed by atoms with Crippen LogP contribution >= 0.6 is 0 Å². The molecule has 144 valence electrons. The third kappa shape index (κ3) is 4.20. The Morgan fingerprint density at radius 2 is 1.68 bits per heavy atom. The number of nitrogens with one attached hydrogen (secondary N) is 1. The molecular formula is C19H22N8O. The molecule has 0 spiro atoms. The quantitative estimate of drug-likeness (QED) is 0.436. The number of piperazine rings is 1. The van der Waals surface area contributed by atoms with Gasteiger partial charge >= 0.3 is 0 Å². The number of allylic oxidation sites excluding steroid dienone is 4. The lowest BCUT2D eigenvalue weighted by molar-refractivity contribution is 0.103. The summed E-state index contributed by atoms with van der Waals surface area (Å²) in [5, 5.41) is 2.91. The predicted octanol–water partition coefficient (Wildman–Crippen LogP) is 1.51. The Balaban J connectivity index is 1.64. The van der Waals surface area contributed by atoms with Gasteiger partial charge in [-0.2, -0.15) is 4.98 Å². The fourth-order valence-electron chi connectivity index (χ4n) is 2.80. The van der Waals surface area contributed by atoms with Crippen LogP contribution in [0.15, 0.2) is 55.7 Å². The molecule has 0 aliphatic carbocycles. The van der Waals surface area contributed by atoms with Crippen molar-refractivity contribution >= 4 is 23.6 Å². The fourth-order valence-corrected chi connectivity index (χ4v) is 2.80. The molecule has 9 heteroatoms. The first-order chi connectivity index (χ1) is 13.7. The van der Waals surface area contributed by atoms with Crippen LogP contribution in [0.4, 0.5) is 17.8 Å². The first-order valence-corrected chi connectivity index (χ1v) is 8.85. The highest BCUT2D eigenvalue weighted by atomic mass is 16.1. The van der Waals surface area contributed by atoms with E-state index in [2.05, 4.69) is 53.2 Å². The van der Waals surface area contributed by atoms with E-state index in [9.17, 15) is 4.79 Å². The summed E-state index contributed by atoms with van der Waals surface area (Å²) in [5.74, 6) is 1.60. The van der Waals surface area contributed by atoms with E-state index in [0.29, 0.717) is 29.0 Å². The minimum Gasteiger partial charge on any atom is -0.357 e. The average molecular weight is 378 g/mol. The van der Waals surface area contributed by atoms with Crippen molar-refractivity contribution in [2.24, 2.45) is 0 Å². The number of nitrogens with zero attached hydrogens (tertiary/aromatic N) is 7. The minimum atomic E-state index is -0.179. The molecule has 1 aliphatic rings. The third-order valence-corrected chi connectivity index (χ3v) is 4.31. The number of hydrogen-bond acceptors (Lipinski definition) is 9. The molecule has 0 bridgehead atoms. The lowest BCUT2D eigenvalue weighted by atomic mass is 10.1. The molecule has 0 unspecified atom stereocenters. The van der Waals surface area contributed by atoms with Crippen LogP contribution in [-0.2, 0) is 0 Å². The van der Waals surface area contributed by atoms with Crippen LogP contribution in [0, 0.1) is 0 Å². The summed E-state index contributed by atoms with van der Waals surface area (Å²) >= 11 is 0. The standard InChI is InChI=1S/C19H22N8O/c1-4-6-14(5-2)16(28)15-11-21-18(22-12-15)26-7-9-27(10-8-26)19-24-13-23-17(20-3)25-19/h4-6,11-13H,1-2,7-10H2,3H3,(H,20,23,24,25). The van der Waals surface area contributed by atoms with Crippen molar-refractivity contribution in [1.29, 1.82) is 0 Å². The molecule has 1 fully saturated rings. The topological polar surface area (TPSA) is 100 Å². The van der Waals surface area contributed by atoms with Crippen LogP contribution in [0.1, 0.15) is 10.4 Å². The second-order valence-corrected chi connectivity index (χ2v) is 6.00. The molecule has 0 amide bonds. The Bertz CT molecular complexity index is 885. The maximum Gasteiger partial charge on any atom is 0.230 e. The van der Waals surface area contributed by atoms with Crippen molar-refractivity contribution in [2.75, 3.05) is 48.3 Å². The lowest BCUT2D eigenvalue weighted by Crippen LogP contribution is -2.47. The lowest BCUT2D eigenvalue weighted by Gasteiger charge is -2.34. The van der Waals surface area contributed by atoms with Crippen LogP contribution < -0.4 is 15.1 Å². The van der Waals surface area contributed by atoms with Gasteiger partial charge in [-0.05, 0) is 0 Å². The number of ketones is 1. The average Bonchev–Trinajstić information content (AvgIpc) is 2.77. The van der Waals surface area contributed by atoms with Gasteiger partial charge in [-0.3, -0.25) is 4.79 Å². The number of carbonyl (C=O) groups excluding carboxylic acids is 1. The second-order valence-electron chi connectivity index (χ2n) is 6.00. The van der Waals surface area contributed by atoms with E-state index in [1.165, 1.54) is 12.4 Å². The molecule has 3 heterocycles. The summed E-state index contributed by atoms with van der Waals surface area (Å²) < 4.78 is 0. The van der Waals surface area contributed by atoms with Crippen LogP contribution in [0.3, 0.4) is 0 Å². The Morgan fingerprint density at radius 3 is 2.25 bits per heavy atom. The molecule has 2 aromatic heterocycles. The summed E-state index contributed by atoms with van der Waals surface area (Å²) in [6, 6.07) is 0. The van der Waals surface area contributed by atoms with Gasteiger partial charge in [-0.1, -0.05) is 31.4 Å². The van der Waals surface area contributed by atoms with Gasteiger partial charge in [-0.25, -0.2) is 19.9 Å². The van der Waals surface area contributed by atoms with Crippen molar-refractivity contribution in [3.63, 3.8) is 0 Å². The normalized spacial score (nSPS) is 14.5. The number of anilines is 3. The molecule has 2 aromatic rings. The first kappa shape index (κ1) is 19.2. The summed E-state index contributed by atoms with van der Waals surface area (Å²) in [6.45, 7) is 10.2. The van der Waals surface area contributed by atoms with Gasteiger partial charge in [0.15, 0.2) is 5.78 Å². The van der Waals surface area contributed by atoms with E-state index in [1.54, 1.807) is 31.6 Å². The van der Waals surface area contributed by atoms with E-state index in [-0.39, 0.29) is 5.78 Å². The van der Waals surface area contributed by atoms with Gasteiger partial charge in [0.05, 0.1) is 5.56 Å². The SMILES string of the molecule is C=CC=C(C=C)C(=O)c1cnc(N2CCN(c3ncnc(NC)n3)CC2)nc1. The van der Waals surface area contributed by atoms with E-state index in [1.807, 2.05) is 0 Å². The van der Waals surface area contributed by atoms with Gasteiger partial charge < -0.3 is 15.1 Å². The van der Waals surface area contributed by atoms with Crippen molar-refractivity contribution < 1.29 is 4.79 Å². The molecule has 0 saturated carbocycles. The molecular weight excluding hydrogens is 356 g/mol. The molecule has 0 aromatic carbocycles. The molecule has 1 saturated heterocycles. The molecule has 0 atom stereocenters. The maximum atomic E-state index is 12.4. The van der Waals surface area contributed by atoms with Crippen molar-refractivity contribution in [2.45, 2.75) is 0 Å². The third-order valence-electron chi connectivity index (χ3n) is 4.31. The zero-order valence-corrected chi connectivity index (χ0v) is 15.7. The van der Waals surface area contributed by atoms with E-state index >= 15 is 0 Å². The van der Waals surface area contributed by atoms with E-state index in [4.69, 9.17) is 0 Å². The van der Waals surface area contributed by atoms with Crippen molar-refractivity contribution in [3.05, 3.63) is 61.2 Å². The van der Waals surface area contributed by atoms with Gasteiger partial charge in [0.2, 0.25) is 17.8 Å². The molecule has 9 nitrogen and oxygen atoms in total. The van der Waals surface area contributed by atoms with Crippen molar-refractivity contribution in [1.82, 2.24) is 24.9 Å². The summed E-state index contributed by atoms with van der Waals surface area (Å²) in [6.07, 6.45) is 9.25. The summed E-state index contributed by atoms with van der Waals surface area (Å²) in [4.78, 5) is 37.9. The maximum absolute atomic E-state index is 12.4. The van der Waals surface area contributed by atoms with Gasteiger partial charge in [0.25, 0.3) is 0 Å². The minimum absolute atomic E-state index is 0.179. The first-order valence-electron chi connectivity index (χ1n) is 8.85. The largest absolute Gasteiger partial charge is 0.357 e. The van der Waals surface area contributed by atoms with E-state index in [0.717, 1.165) is 26.2 Å². The highest BCUT2D eigenvalue weighted by Gasteiger charge is 2.21. The number of hydrogen-bond donors (Lipinski definition) is 1. The molecule has 1 aliphatic heterocycles. The molecule has 28 heavy (non-hydrogen) atoms. The zero-order chi connectivity index (χ0) is 19.9. The van der Waals surface area contributed by atoms with Gasteiger partial charge in [-0.15, -0.1) is 0 Å². The van der Waals surface area contributed by atoms with Gasteiger partial charge in [0, 0.05) is 51.2 Å². The molecule has 1 N–H and O–H groups in total. The number of carbonyl (C=O) groups is 1. The number of aromatic nitrogens is 5.